The monoisotopic (exact) mass is 262 g/mol. The largest absolute Gasteiger partial charge is 0.333 e. The molecule has 1 aliphatic heterocycles. The Hall–Kier alpha value is -0.870. The molecule has 0 bridgehead atoms. The molecule has 0 amide bonds. The van der Waals surface area contributed by atoms with E-state index in [0.29, 0.717) is 12.0 Å². The minimum Gasteiger partial charge on any atom is -0.333 e. The van der Waals surface area contributed by atoms with Gasteiger partial charge in [0, 0.05) is 38.1 Å². The minimum atomic E-state index is 0.407. The van der Waals surface area contributed by atoms with E-state index in [0.717, 1.165) is 32.1 Å². The average molecular weight is 262 g/mol. The van der Waals surface area contributed by atoms with Gasteiger partial charge >= 0.3 is 0 Å². The molecule has 4 nitrogen and oxygen atoms in total. The highest BCUT2D eigenvalue weighted by molar-refractivity contribution is 4.96. The lowest BCUT2D eigenvalue weighted by Gasteiger charge is -2.38. The summed E-state index contributed by atoms with van der Waals surface area (Å²) in [5.74, 6) is 2.79. The number of hydrogen-bond donors (Lipinski definition) is 1. The summed E-state index contributed by atoms with van der Waals surface area (Å²) in [7, 11) is 0. The van der Waals surface area contributed by atoms with Crippen molar-refractivity contribution in [2.75, 3.05) is 13.1 Å². The SMILES string of the molecule is CCC1CCC(N)C(CN2CCn3ccnc3C2)C1. The van der Waals surface area contributed by atoms with E-state index < -0.39 is 0 Å². The molecule has 1 aliphatic carbocycles. The first kappa shape index (κ1) is 13.1. The van der Waals surface area contributed by atoms with Crippen molar-refractivity contribution in [2.24, 2.45) is 17.6 Å². The molecule has 0 aromatic carbocycles. The third-order valence-electron chi connectivity index (χ3n) is 5.04. The van der Waals surface area contributed by atoms with Crippen molar-refractivity contribution in [1.29, 1.82) is 0 Å². The van der Waals surface area contributed by atoms with E-state index in [2.05, 4.69) is 27.6 Å². The summed E-state index contributed by atoms with van der Waals surface area (Å²) < 4.78 is 2.27. The highest BCUT2D eigenvalue weighted by Crippen LogP contribution is 2.31. The van der Waals surface area contributed by atoms with Crippen molar-refractivity contribution in [3.63, 3.8) is 0 Å². The maximum absolute atomic E-state index is 6.34. The number of imidazole rings is 1. The van der Waals surface area contributed by atoms with Crippen LogP contribution in [0.15, 0.2) is 12.4 Å². The fourth-order valence-electron chi connectivity index (χ4n) is 3.68. The normalized spacial score (nSPS) is 32.2. The molecule has 4 heteroatoms. The van der Waals surface area contributed by atoms with Crippen LogP contribution in [0.4, 0.5) is 0 Å². The van der Waals surface area contributed by atoms with Crippen molar-refractivity contribution in [1.82, 2.24) is 14.5 Å². The molecule has 2 aliphatic rings. The van der Waals surface area contributed by atoms with Crippen LogP contribution in [-0.4, -0.2) is 33.6 Å². The van der Waals surface area contributed by atoms with E-state index in [1.807, 2.05) is 6.20 Å². The number of nitrogens with zero attached hydrogens (tertiary/aromatic N) is 3. The lowest BCUT2D eigenvalue weighted by molar-refractivity contribution is 0.132. The van der Waals surface area contributed by atoms with Gasteiger partial charge in [0.1, 0.15) is 5.82 Å². The zero-order valence-corrected chi connectivity index (χ0v) is 12.0. The lowest BCUT2D eigenvalue weighted by atomic mass is 9.77. The molecular weight excluding hydrogens is 236 g/mol. The van der Waals surface area contributed by atoms with E-state index in [4.69, 9.17) is 5.73 Å². The third-order valence-corrected chi connectivity index (χ3v) is 5.04. The Morgan fingerprint density at radius 1 is 1.37 bits per heavy atom. The van der Waals surface area contributed by atoms with E-state index in [1.165, 1.54) is 31.5 Å². The maximum Gasteiger partial charge on any atom is 0.122 e. The van der Waals surface area contributed by atoms with Crippen LogP contribution in [0, 0.1) is 11.8 Å². The van der Waals surface area contributed by atoms with Crippen LogP contribution < -0.4 is 5.73 Å². The molecule has 2 N–H and O–H groups in total. The van der Waals surface area contributed by atoms with Crippen LogP contribution in [0.25, 0.3) is 0 Å². The molecular formula is C15H26N4. The topological polar surface area (TPSA) is 47.1 Å². The quantitative estimate of drug-likeness (QED) is 0.904. The van der Waals surface area contributed by atoms with Gasteiger partial charge in [-0.1, -0.05) is 13.3 Å². The first-order valence-corrected chi connectivity index (χ1v) is 7.74. The summed E-state index contributed by atoms with van der Waals surface area (Å²) in [4.78, 5) is 6.99. The highest BCUT2D eigenvalue weighted by Gasteiger charge is 2.29. The molecule has 0 saturated heterocycles. The van der Waals surface area contributed by atoms with Crippen LogP contribution in [0.3, 0.4) is 0 Å². The number of aromatic nitrogens is 2. The van der Waals surface area contributed by atoms with Gasteiger partial charge in [0.05, 0.1) is 6.54 Å². The Morgan fingerprint density at radius 2 is 2.26 bits per heavy atom. The van der Waals surface area contributed by atoms with E-state index in [-0.39, 0.29) is 0 Å². The zero-order valence-electron chi connectivity index (χ0n) is 12.0. The van der Waals surface area contributed by atoms with Crippen molar-refractivity contribution >= 4 is 0 Å². The second kappa shape index (κ2) is 5.63. The predicted molar refractivity (Wildman–Crippen MR) is 76.6 cm³/mol. The second-order valence-corrected chi connectivity index (χ2v) is 6.28. The Labute approximate surface area is 116 Å². The van der Waals surface area contributed by atoms with Crippen LogP contribution >= 0.6 is 0 Å². The third kappa shape index (κ3) is 2.84. The molecule has 2 heterocycles. The van der Waals surface area contributed by atoms with Gasteiger partial charge in [0.25, 0.3) is 0 Å². The van der Waals surface area contributed by atoms with Crippen LogP contribution in [0.5, 0.6) is 0 Å². The first-order chi connectivity index (χ1) is 9.26. The highest BCUT2D eigenvalue weighted by atomic mass is 15.2. The number of fused-ring (bicyclic) bond motifs is 1. The van der Waals surface area contributed by atoms with Gasteiger partial charge in [-0.25, -0.2) is 4.98 Å². The molecule has 106 valence electrons. The fraction of sp³-hybridized carbons (Fsp3) is 0.800. The molecule has 1 fully saturated rings. The van der Waals surface area contributed by atoms with Crippen molar-refractivity contribution in [2.45, 2.75) is 51.7 Å². The van der Waals surface area contributed by atoms with E-state index in [1.54, 1.807) is 0 Å². The fourth-order valence-corrected chi connectivity index (χ4v) is 3.68. The van der Waals surface area contributed by atoms with Gasteiger partial charge < -0.3 is 10.3 Å². The minimum absolute atomic E-state index is 0.407. The number of nitrogens with two attached hydrogens (primary N) is 1. The second-order valence-electron chi connectivity index (χ2n) is 6.28. The van der Waals surface area contributed by atoms with Gasteiger partial charge in [-0.2, -0.15) is 0 Å². The van der Waals surface area contributed by atoms with E-state index >= 15 is 0 Å². The first-order valence-electron chi connectivity index (χ1n) is 7.74. The molecule has 0 radical (unpaired) electrons. The van der Waals surface area contributed by atoms with Gasteiger partial charge in [0.15, 0.2) is 0 Å². The Bertz CT molecular complexity index is 414. The summed E-state index contributed by atoms with van der Waals surface area (Å²) in [5, 5.41) is 0. The van der Waals surface area contributed by atoms with Crippen LogP contribution in [-0.2, 0) is 13.1 Å². The molecule has 19 heavy (non-hydrogen) atoms. The Morgan fingerprint density at radius 3 is 3.11 bits per heavy atom. The van der Waals surface area contributed by atoms with Gasteiger partial charge in [-0.05, 0) is 31.1 Å². The molecule has 1 saturated carbocycles. The summed E-state index contributed by atoms with van der Waals surface area (Å²) >= 11 is 0. The van der Waals surface area contributed by atoms with Crippen molar-refractivity contribution in [3.05, 3.63) is 18.2 Å². The predicted octanol–water partition coefficient (Wildman–Crippen LogP) is 1.85. The smallest absolute Gasteiger partial charge is 0.122 e. The molecule has 3 rings (SSSR count). The molecule has 3 atom stereocenters. The Balaban J connectivity index is 1.59. The van der Waals surface area contributed by atoms with Gasteiger partial charge in [0.2, 0.25) is 0 Å². The standard InChI is InChI=1S/C15H26N4/c1-2-12-3-4-14(16)13(9-12)10-18-7-8-19-6-5-17-15(19)11-18/h5-6,12-14H,2-4,7-11,16H2,1H3. The summed E-state index contributed by atoms with van der Waals surface area (Å²) in [6, 6.07) is 0.407. The molecule has 1 aromatic rings. The van der Waals surface area contributed by atoms with Crippen LogP contribution in [0.2, 0.25) is 0 Å². The molecule has 3 unspecified atom stereocenters. The zero-order chi connectivity index (χ0) is 13.2. The van der Waals surface area contributed by atoms with E-state index in [9.17, 15) is 0 Å². The lowest BCUT2D eigenvalue weighted by Crippen LogP contribution is -2.45. The Kier molecular flexibility index (Phi) is 3.89. The van der Waals surface area contributed by atoms with Gasteiger partial charge in [-0.15, -0.1) is 0 Å². The maximum atomic E-state index is 6.34. The summed E-state index contributed by atoms with van der Waals surface area (Å²) in [6.45, 7) is 6.69. The average Bonchev–Trinajstić information content (AvgIpc) is 2.89. The summed E-state index contributed by atoms with van der Waals surface area (Å²) in [6.07, 6.45) is 9.19. The number of hydrogen-bond acceptors (Lipinski definition) is 3. The van der Waals surface area contributed by atoms with Crippen LogP contribution in [0.1, 0.15) is 38.4 Å². The van der Waals surface area contributed by atoms with Crippen molar-refractivity contribution < 1.29 is 0 Å². The molecule has 0 spiro atoms. The number of rotatable bonds is 3. The van der Waals surface area contributed by atoms with Gasteiger partial charge in [-0.3, -0.25) is 4.90 Å². The van der Waals surface area contributed by atoms with Crippen molar-refractivity contribution in [3.8, 4) is 0 Å². The summed E-state index contributed by atoms with van der Waals surface area (Å²) in [5.41, 5.74) is 6.34. The molecule has 1 aromatic heterocycles.